The predicted molar refractivity (Wildman–Crippen MR) is 52.3 cm³/mol. The van der Waals surface area contributed by atoms with Gasteiger partial charge in [-0.1, -0.05) is 0 Å². The van der Waals surface area contributed by atoms with E-state index < -0.39 is 7.12 Å². The number of aliphatic hydroxyl groups excluding tert-OH is 1. The maximum Gasteiger partial charge on any atom is 0.492 e. The van der Waals surface area contributed by atoms with Crippen LogP contribution < -0.4 is 0 Å². The fourth-order valence-corrected chi connectivity index (χ4v) is 1.08. The van der Waals surface area contributed by atoms with E-state index in [1.54, 1.807) is 0 Å². The maximum absolute atomic E-state index is 8.88. The van der Waals surface area contributed by atoms with Gasteiger partial charge in [-0.3, -0.25) is 0 Å². The second kappa shape index (κ2) is 3.12. The molecular formula is C9H17BO3. The first kappa shape index (κ1) is 10.8. The molecule has 1 heterocycles. The molecule has 1 aliphatic rings. The molecule has 0 aliphatic carbocycles. The summed E-state index contributed by atoms with van der Waals surface area (Å²) < 4.78 is 11.3. The minimum atomic E-state index is -0.477. The summed E-state index contributed by atoms with van der Waals surface area (Å²) in [6, 6.07) is 0. The smallest absolute Gasteiger partial charge is 0.400 e. The third-order valence-corrected chi connectivity index (χ3v) is 2.79. The van der Waals surface area contributed by atoms with Gasteiger partial charge in [-0.05, 0) is 33.2 Å². The second-order valence-electron chi connectivity index (χ2n) is 4.40. The van der Waals surface area contributed by atoms with Crippen LogP contribution in [0.2, 0.25) is 0 Å². The van der Waals surface area contributed by atoms with E-state index in [0.29, 0.717) is 5.47 Å². The number of rotatable bonds is 2. The number of hydrogen-bond donors (Lipinski definition) is 1. The fraction of sp³-hybridized carbons (Fsp3) is 0.778. The number of hydrogen-bond acceptors (Lipinski definition) is 3. The Morgan fingerprint density at radius 2 is 1.62 bits per heavy atom. The van der Waals surface area contributed by atoms with Gasteiger partial charge in [-0.15, -0.1) is 6.58 Å². The Balaban J connectivity index is 2.76. The molecular weight excluding hydrogens is 167 g/mol. The van der Waals surface area contributed by atoms with E-state index >= 15 is 0 Å². The van der Waals surface area contributed by atoms with E-state index in [2.05, 4.69) is 6.58 Å². The van der Waals surface area contributed by atoms with Gasteiger partial charge >= 0.3 is 7.12 Å². The van der Waals surface area contributed by atoms with Gasteiger partial charge in [0.1, 0.15) is 0 Å². The highest BCUT2D eigenvalue weighted by Gasteiger charge is 2.51. The van der Waals surface area contributed by atoms with E-state index in [-0.39, 0.29) is 17.8 Å². The third kappa shape index (κ3) is 1.80. The molecule has 13 heavy (non-hydrogen) atoms. The molecule has 1 N–H and O–H groups in total. The van der Waals surface area contributed by atoms with Crippen molar-refractivity contribution in [2.75, 3.05) is 6.61 Å². The SMILES string of the molecule is C=C(CO)B1OC(C)(C)C(C)(C)O1. The maximum atomic E-state index is 8.88. The molecule has 0 aromatic carbocycles. The molecule has 0 aromatic rings. The fourth-order valence-electron chi connectivity index (χ4n) is 1.08. The van der Waals surface area contributed by atoms with E-state index in [1.807, 2.05) is 27.7 Å². The lowest BCUT2D eigenvalue weighted by Gasteiger charge is -2.32. The summed E-state index contributed by atoms with van der Waals surface area (Å²) in [5, 5.41) is 8.88. The lowest BCUT2D eigenvalue weighted by Crippen LogP contribution is -2.41. The average Bonchev–Trinajstić information content (AvgIpc) is 2.20. The van der Waals surface area contributed by atoms with Crippen LogP contribution in [0.4, 0.5) is 0 Å². The summed E-state index contributed by atoms with van der Waals surface area (Å²) in [5.41, 5.74) is -0.135. The summed E-state index contributed by atoms with van der Waals surface area (Å²) in [5.74, 6) is 0. The molecule has 1 fully saturated rings. The minimum absolute atomic E-state index is 0.100. The summed E-state index contributed by atoms with van der Waals surface area (Å²) in [6.07, 6.45) is 0. The molecule has 1 aliphatic heterocycles. The van der Waals surface area contributed by atoms with Crippen LogP contribution in [0.3, 0.4) is 0 Å². The minimum Gasteiger partial charge on any atom is -0.400 e. The van der Waals surface area contributed by atoms with Gasteiger partial charge in [0.05, 0.1) is 17.8 Å². The molecule has 0 aromatic heterocycles. The van der Waals surface area contributed by atoms with E-state index in [0.717, 1.165) is 0 Å². The van der Waals surface area contributed by atoms with Gasteiger partial charge in [-0.25, -0.2) is 0 Å². The van der Waals surface area contributed by atoms with Crippen molar-refractivity contribution in [3.8, 4) is 0 Å². The summed E-state index contributed by atoms with van der Waals surface area (Å²) >= 11 is 0. The van der Waals surface area contributed by atoms with Crippen LogP contribution >= 0.6 is 0 Å². The highest BCUT2D eigenvalue weighted by Crippen LogP contribution is 2.37. The third-order valence-electron chi connectivity index (χ3n) is 2.79. The zero-order valence-electron chi connectivity index (χ0n) is 8.76. The van der Waals surface area contributed by atoms with Crippen LogP contribution in [0.5, 0.6) is 0 Å². The van der Waals surface area contributed by atoms with Crippen molar-refractivity contribution in [2.24, 2.45) is 0 Å². The van der Waals surface area contributed by atoms with Crippen LogP contribution in [0.25, 0.3) is 0 Å². The van der Waals surface area contributed by atoms with E-state index in [9.17, 15) is 0 Å². The lowest BCUT2D eigenvalue weighted by atomic mass is 9.80. The Labute approximate surface area is 79.9 Å². The molecule has 0 unspecified atom stereocenters. The largest absolute Gasteiger partial charge is 0.492 e. The van der Waals surface area contributed by atoms with Crippen LogP contribution in [0.15, 0.2) is 12.1 Å². The molecule has 0 radical (unpaired) electrons. The van der Waals surface area contributed by atoms with Crippen molar-refractivity contribution >= 4 is 7.12 Å². The molecule has 74 valence electrons. The van der Waals surface area contributed by atoms with Crippen molar-refractivity contribution in [3.63, 3.8) is 0 Å². The molecule has 0 atom stereocenters. The standard InChI is InChI=1S/C9H17BO3/c1-7(6-11)10-12-8(2,3)9(4,5)13-10/h11H,1,6H2,2-5H3. The Kier molecular flexibility index (Phi) is 2.58. The van der Waals surface area contributed by atoms with Gasteiger partial charge in [0.25, 0.3) is 0 Å². The van der Waals surface area contributed by atoms with Crippen molar-refractivity contribution in [2.45, 2.75) is 38.9 Å². The first-order chi connectivity index (χ1) is 5.80. The second-order valence-corrected chi connectivity index (χ2v) is 4.40. The molecule has 1 rings (SSSR count). The molecule has 0 amide bonds. The normalized spacial score (nSPS) is 24.8. The van der Waals surface area contributed by atoms with Gasteiger partial charge in [0, 0.05) is 0 Å². The Morgan fingerprint density at radius 3 is 1.92 bits per heavy atom. The van der Waals surface area contributed by atoms with Gasteiger partial charge < -0.3 is 14.4 Å². The van der Waals surface area contributed by atoms with Crippen LogP contribution in [0.1, 0.15) is 27.7 Å². The quantitative estimate of drug-likeness (QED) is 0.654. The van der Waals surface area contributed by atoms with Gasteiger partial charge in [-0.2, -0.15) is 0 Å². The highest BCUT2D eigenvalue weighted by atomic mass is 16.7. The topological polar surface area (TPSA) is 38.7 Å². The molecule has 0 saturated carbocycles. The molecule has 0 bridgehead atoms. The Hall–Kier alpha value is -0.315. The van der Waals surface area contributed by atoms with Crippen LogP contribution in [0, 0.1) is 0 Å². The first-order valence-electron chi connectivity index (χ1n) is 4.44. The molecule has 1 saturated heterocycles. The van der Waals surface area contributed by atoms with Crippen LogP contribution in [-0.2, 0) is 9.31 Å². The van der Waals surface area contributed by atoms with Crippen molar-refractivity contribution < 1.29 is 14.4 Å². The number of aliphatic hydroxyl groups is 1. The zero-order valence-corrected chi connectivity index (χ0v) is 8.76. The monoisotopic (exact) mass is 184 g/mol. The van der Waals surface area contributed by atoms with Gasteiger partial charge in [0.2, 0.25) is 0 Å². The first-order valence-corrected chi connectivity index (χ1v) is 4.44. The van der Waals surface area contributed by atoms with Crippen molar-refractivity contribution in [1.29, 1.82) is 0 Å². The zero-order chi connectivity index (χ0) is 10.3. The Bertz CT molecular complexity index is 207. The molecule has 3 nitrogen and oxygen atoms in total. The van der Waals surface area contributed by atoms with Gasteiger partial charge in [0.15, 0.2) is 0 Å². The molecule has 0 spiro atoms. The summed E-state index contributed by atoms with van der Waals surface area (Å²) in [7, 11) is -0.477. The van der Waals surface area contributed by atoms with Crippen LogP contribution in [-0.4, -0.2) is 30.0 Å². The predicted octanol–water partition coefficient (Wildman–Crippen LogP) is 1.17. The Morgan fingerprint density at radius 1 is 1.23 bits per heavy atom. The summed E-state index contributed by atoms with van der Waals surface area (Å²) in [6.45, 7) is 11.5. The average molecular weight is 184 g/mol. The summed E-state index contributed by atoms with van der Waals surface area (Å²) in [4.78, 5) is 0. The van der Waals surface area contributed by atoms with Crippen molar-refractivity contribution in [1.82, 2.24) is 0 Å². The lowest BCUT2D eigenvalue weighted by molar-refractivity contribution is 0.00578. The molecule has 4 heteroatoms. The highest BCUT2D eigenvalue weighted by molar-refractivity contribution is 6.54. The van der Waals surface area contributed by atoms with E-state index in [4.69, 9.17) is 14.4 Å². The van der Waals surface area contributed by atoms with Crippen molar-refractivity contribution in [3.05, 3.63) is 12.1 Å². The van der Waals surface area contributed by atoms with E-state index in [1.165, 1.54) is 0 Å².